The van der Waals surface area contributed by atoms with Gasteiger partial charge < -0.3 is 5.73 Å². The molecule has 0 aromatic heterocycles. The van der Waals surface area contributed by atoms with Crippen LogP contribution in [-0.4, -0.2) is 15.0 Å². The normalized spacial score (nSPS) is 11.5. The van der Waals surface area contributed by atoms with Crippen LogP contribution in [-0.2, 0) is 23.0 Å². The van der Waals surface area contributed by atoms with E-state index in [1.807, 2.05) is 36.4 Å². The Kier molecular flexibility index (Phi) is 5.12. The molecule has 5 heteroatoms. The summed E-state index contributed by atoms with van der Waals surface area (Å²) in [5, 5.41) is 0. The molecule has 2 rings (SSSR count). The van der Waals surface area contributed by atoms with Crippen molar-refractivity contribution in [2.75, 3.05) is 6.54 Å². The van der Waals surface area contributed by atoms with Crippen LogP contribution < -0.4 is 10.5 Å². The summed E-state index contributed by atoms with van der Waals surface area (Å²) < 4.78 is 27.4. The Morgan fingerprint density at radius 3 is 2.43 bits per heavy atom. The lowest BCUT2D eigenvalue weighted by atomic mass is 10.1. The molecule has 0 unspecified atom stereocenters. The van der Waals surface area contributed by atoms with Crippen molar-refractivity contribution in [1.29, 1.82) is 0 Å². The lowest BCUT2D eigenvalue weighted by Crippen LogP contribution is -2.27. The molecule has 0 amide bonds. The van der Waals surface area contributed by atoms with Crippen molar-refractivity contribution in [2.24, 2.45) is 5.73 Å². The van der Waals surface area contributed by atoms with E-state index in [-0.39, 0.29) is 0 Å². The van der Waals surface area contributed by atoms with Crippen LogP contribution in [0.25, 0.3) is 0 Å². The third kappa shape index (κ3) is 3.91. The second kappa shape index (κ2) is 6.85. The van der Waals surface area contributed by atoms with Crippen LogP contribution in [0, 0.1) is 6.92 Å². The Labute approximate surface area is 126 Å². The molecule has 0 radical (unpaired) electrons. The largest absolute Gasteiger partial charge is 0.326 e. The zero-order valence-electron chi connectivity index (χ0n) is 12.0. The molecule has 0 heterocycles. The number of hydrogen-bond donors (Lipinski definition) is 2. The quantitative estimate of drug-likeness (QED) is 0.857. The lowest BCUT2D eigenvalue weighted by molar-refractivity contribution is 0.581. The van der Waals surface area contributed by atoms with Crippen molar-refractivity contribution in [3.05, 3.63) is 65.2 Å². The topological polar surface area (TPSA) is 72.2 Å². The molecule has 2 aromatic carbocycles. The number of benzene rings is 2. The van der Waals surface area contributed by atoms with E-state index in [0.717, 1.165) is 11.1 Å². The van der Waals surface area contributed by atoms with Crippen LogP contribution in [0.4, 0.5) is 0 Å². The van der Waals surface area contributed by atoms with E-state index in [1.165, 1.54) is 0 Å². The molecule has 2 aromatic rings. The second-order valence-corrected chi connectivity index (χ2v) is 6.61. The number of nitrogens with one attached hydrogen (secondary N) is 1. The molecule has 0 atom stereocenters. The first-order valence-electron chi connectivity index (χ1n) is 6.87. The van der Waals surface area contributed by atoms with E-state index in [0.29, 0.717) is 30.0 Å². The molecule has 0 bridgehead atoms. The van der Waals surface area contributed by atoms with E-state index in [1.54, 1.807) is 19.1 Å². The van der Waals surface area contributed by atoms with E-state index in [9.17, 15) is 8.42 Å². The van der Waals surface area contributed by atoms with E-state index >= 15 is 0 Å². The first-order valence-corrected chi connectivity index (χ1v) is 8.35. The minimum absolute atomic E-state index is 0.304. The Morgan fingerprint density at radius 2 is 1.76 bits per heavy atom. The molecule has 4 nitrogen and oxygen atoms in total. The smallest absolute Gasteiger partial charge is 0.240 e. The Bertz CT molecular complexity index is 697. The zero-order valence-corrected chi connectivity index (χ0v) is 12.9. The monoisotopic (exact) mass is 304 g/mol. The predicted molar refractivity (Wildman–Crippen MR) is 84.4 cm³/mol. The Hall–Kier alpha value is -1.69. The van der Waals surface area contributed by atoms with Gasteiger partial charge in [-0.2, -0.15) is 0 Å². The van der Waals surface area contributed by atoms with Gasteiger partial charge in [0.05, 0.1) is 4.90 Å². The summed E-state index contributed by atoms with van der Waals surface area (Å²) in [5.74, 6) is 0. The molecule has 0 aliphatic heterocycles. The van der Waals surface area contributed by atoms with Crippen LogP contribution in [0.3, 0.4) is 0 Å². The highest BCUT2D eigenvalue weighted by molar-refractivity contribution is 7.89. The minimum Gasteiger partial charge on any atom is -0.326 e. The predicted octanol–water partition coefficient (Wildman–Crippen LogP) is 1.97. The number of rotatable bonds is 6. The van der Waals surface area contributed by atoms with Gasteiger partial charge in [-0.1, -0.05) is 42.5 Å². The van der Waals surface area contributed by atoms with Gasteiger partial charge in [0, 0.05) is 13.1 Å². The average molecular weight is 304 g/mol. The standard InChI is InChI=1S/C16H20N2O2S/c1-13-15(12-17)8-5-9-16(13)21(19,20)18-11-10-14-6-3-2-4-7-14/h2-9,18H,10-12,17H2,1H3. The van der Waals surface area contributed by atoms with Gasteiger partial charge in [-0.3, -0.25) is 0 Å². The van der Waals surface area contributed by atoms with Gasteiger partial charge in [0.25, 0.3) is 0 Å². The molecule has 21 heavy (non-hydrogen) atoms. The van der Waals surface area contributed by atoms with Crippen LogP contribution in [0.5, 0.6) is 0 Å². The first kappa shape index (κ1) is 15.7. The fraction of sp³-hybridized carbons (Fsp3) is 0.250. The Morgan fingerprint density at radius 1 is 1.05 bits per heavy atom. The summed E-state index contributed by atoms with van der Waals surface area (Å²) in [6, 6.07) is 15.0. The summed E-state index contributed by atoms with van der Waals surface area (Å²) in [4.78, 5) is 0.304. The van der Waals surface area contributed by atoms with Gasteiger partial charge in [0.15, 0.2) is 0 Å². The molecule has 0 aliphatic rings. The van der Waals surface area contributed by atoms with Crippen LogP contribution in [0.15, 0.2) is 53.4 Å². The van der Waals surface area contributed by atoms with Gasteiger partial charge in [0.2, 0.25) is 10.0 Å². The zero-order chi connectivity index (χ0) is 15.3. The number of nitrogens with two attached hydrogens (primary N) is 1. The van der Waals surface area contributed by atoms with Crippen molar-refractivity contribution >= 4 is 10.0 Å². The summed E-state index contributed by atoms with van der Waals surface area (Å²) in [6.45, 7) is 2.49. The van der Waals surface area contributed by atoms with Gasteiger partial charge in [-0.15, -0.1) is 0 Å². The van der Waals surface area contributed by atoms with Gasteiger partial charge in [-0.05, 0) is 36.1 Å². The van der Waals surface area contributed by atoms with Crippen molar-refractivity contribution in [3.8, 4) is 0 Å². The third-order valence-corrected chi connectivity index (χ3v) is 5.06. The van der Waals surface area contributed by atoms with Crippen LogP contribution in [0.2, 0.25) is 0 Å². The van der Waals surface area contributed by atoms with Gasteiger partial charge >= 0.3 is 0 Å². The van der Waals surface area contributed by atoms with E-state index in [4.69, 9.17) is 5.73 Å². The van der Waals surface area contributed by atoms with Crippen molar-refractivity contribution in [1.82, 2.24) is 4.72 Å². The van der Waals surface area contributed by atoms with Crippen LogP contribution >= 0.6 is 0 Å². The molecule has 0 spiro atoms. The molecule has 0 saturated carbocycles. The molecular formula is C16H20N2O2S. The molecule has 112 valence electrons. The highest BCUT2D eigenvalue weighted by Crippen LogP contribution is 2.18. The van der Waals surface area contributed by atoms with E-state index < -0.39 is 10.0 Å². The molecule has 0 aliphatic carbocycles. The summed E-state index contributed by atoms with van der Waals surface area (Å²) in [5.41, 5.74) is 8.29. The summed E-state index contributed by atoms with van der Waals surface area (Å²) in [7, 11) is -3.50. The Balaban J connectivity index is 2.09. The molecule has 0 saturated heterocycles. The van der Waals surface area contributed by atoms with Gasteiger partial charge in [0.1, 0.15) is 0 Å². The van der Waals surface area contributed by atoms with Gasteiger partial charge in [-0.25, -0.2) is 13.1 Å². The molecule has 0 fully saturated rings. The maximum atomic E-state index is 12.4. The second-order valence-electron chi connectivity index (χ2n) is 4.88. The van der Waals surface area contributed by atoms with Crippen molar-refractivity contribution in [2.45, 2.75) is 24.8 Å². The molecule has 3 N–H and O–H groups in total. The average Bonchev–Trinajstić information content (AvgIpc) is 2.48. The van der Waals surface area contributed by atoms with Crippen molar-refractivity contribution < 1.29 is 8.42 Å². The maximum absolute atomic E-state index is 12.4. The first-order chi connectivity index (χ1) is 10.0. The van der Waals surface area contributed by atoms with Crippen molar-refractivity contribution in [3.63, 3.8) is 0 Å². The lowest BCUT2D eigenvalue weighted by Gasteiger charge is -2.12. The fourth-order valence-corrected chi connectivity index (χ4v) is 3.54. The number of sulfonamides is 1. The number of hydrogen-bond acceptors (Lipinski definition) is 3. The van der Waals surface area contributed by atoms with Crippen LogP contribution in [0.1, 0.15) is 16.7 Å². The maximum Gasteiger partial charge on any atom is 0.240 e. The SMILES string of the molecule is Cc1c(CN)cccc1S(=O)(=O)NCCc1ccccc1. The summed E-state index contributed by atoms with van der Waals surface area (Å²) >= 11 is 0. The minimum atomic E-state index is -3.50. The fourth-order valence-electron chi connectivity index (χ4n) is 2.22. The highest BCUT2D eigenvalue weighted by atomic mass is 32.2. The van der Waals surface area contributed by atoms with E-state index in [2.05, 4.69) is 4.72 Å². The third-order valence-electron chi connectivity index (χ3n) is 3.45. The molecular weight excluding hydrogens is 284 g/mol. The highest BCUT2D eigenvalue weighted by Gasteiger charge is 2.17. The summed E-state index contributed by atoms with van der Waals surface area (Å²) in [6.07, 6.45) is 0.662.